The summed E-state index contributed by atoms with van der Waals surface area (Å²) in [7, 11) is -2.53. The first kappa shape index (κ1) is 29.6. The first-order valence-corrected chi connectivity index (χ1v) is 14.4. The number of hydrogen-bond acceptors (Lipinski definition) is 8. The van der Waals surface area contributed by atoms with Gasteiger partial charge in [0.2, 0.25) is 0 Å². The minimum atomic E-state index is -4.04. The minimum Gasteiger partial charge on any atom is -0.497 e. The summed E-state index contributed by atoms with van der Waals surface area (Å²) < 4.78 is 43.9. The molecule has 2 N–H and O–H groups in total. The molecule has 0 aliphatic carbocycles. The van der Waals surface area contributed by atoms with Gasteiger partial charge in [-0.25, -0.2) is 13.8 Å². The molecule has 1 fully saturated rings. The van der Waals surface area contributed by atoms with Crippen LogP contribution in [0.3, 0.4) is 0 Å². The smallest absolute Gasteiger partial charge is 0.264 e. The minimum absolute atomic E-state index is 0.0507. The molecule has 0 radical (unpaired) electrons. The Morgan fingerprint density at radius 3 is 2.37 bits per heavy atom. The number of methoxy groups -OCH3 is 1. The van der Waals surface area contributed by atoms with E-state index in [0.717, 1.165) is 23.8 Å². The lowest BCUT2D eigenvalue weighted by Gasteiger charge is -2.23. The fourth-order valence-corrected chi connectivity index (χ4v) is 5.45. The van der Waals surface area contributed by atoms with Crippen LogP contribution in [0.2, 0.25) is 0 Å². The number of ether oxygens (including phenoxy) is 3. The number of carbonyl (C=O) groups excluding carboxylic acids is 2. The van der Waals surface area contributed by atoms with Crippen LogP contribution in [-0.4, -0.2) is 66.0 Å². The van der Waals surface area contributed by atoms with Gasteiger partial charge in [-0.1, -0.05) is 18.2 Å². The molecule has 2 amide bonds. The molecular weight excluding hydrogens is 548 g/mol. The second-order valence-corrected chi connectivity index (χ2v) is 11.0. The SMILES string of the molecule is COc1ccc(N(CC(=O)N/N=C\c2ccc(OCC(=O)NC[C@@H]3CCCO3)cc2)S(=O)(=O)c2ccccc2)cc1. The molecule has 216 valence electrons. The molecule has 0 bridgehead atoms. The maximum atomic E-state index is 13.4. The molecule has 0 spiro atoms. The largest absolute Gasteiger partial charge is 0.497 e. The summed E-state index contributed by atoms with van der Waals surface area (Å²) in [5.41, 5.74) is 3.33. The van der Waals surface area contributed by atoms with Gasteiger partial charge in [-0.2, -0.15) is 5.10 Å². The molecule has 1 saturated heterocycles. The van der Waals surface area contributed by atoms with Gasteiger partial charge in [0.05, 0.1) is 30.0 Å². The first-order chi connectivity index (χ1) is 19.8. The van der Waals surface area contributed by atoms with Crippen molar-refractivity contribution in [2.24, 2.45) is 5.10 Å². The maximum Gasteiger partial charge on any atom is 0.264 e. The molecule has 1 atom stereocenters. The summed E-state index contributed by atoms with van der Waals surface area (Å²) in [6, 6.07) is 21.0. The summed E-state index contributed by atoms with van der Waals surface area (Å²) in [5, 5.41) is 6.75. The standard InChI is InChI=1S/C29H32N4O7S/c1-38-24-15-11-23(12-16-24)33(41(36,37)27-7-3-2-4-8-27)20-28(34)32-31-18-22-9-13-25(14-10-22)40-21-29(35)30-19-26-6-5-17-39-26/h2-4,7-16,18,26H,5-6,17,19-21H2,1H3,(H,30,35)(H,32,34)/b31-18-/t26-/m0/s1. The molecule has 12 heteroatoms. The fraction of sp³-hybridized carbons (Fsp3) is 0.276. The Balaban J connectivity index is 1.32. The highest BCUT2D eigenvalue weighted by Gasteiger charge is 2.27. The number of sulfonamides is 1. The lowest BCUT2D eigenvalue weighted by molar-refractivity contribution is -0.123. The van der Waals surface area contributed by atoms with E-state index < -0.39 is 22.5 Å². The highest BCUT2D eigenvalue weighted by molar-refractivity contribution is 7.92. The molecule has 0 unspecified atom stereocenters. The molecule has 1 aliphatic heterocycles. The van der Waals surface area contributed by atoms with E-state index in [-0.39, 0.29) is 23.5 Å². The van der Waals surface area contributed by atoms with Crippen LogP contribution >= 0.6 is 0 Å². The van der Waals surface area contributed by atoms with Crippen molar-refractivity contribution >= 4 is 33.7 Å². The molecule has 1 aliphatic rings. The van der Waals surface area contributed by atoms with Crippen molar-refractivity contribution in [1.82, 2.24) is 10.7 Å². The van der Waals surface area contributed by atoms with E-state index in [0.29, 0.717) is 29.3 Å². The summed E-state index contributed by atoms with van der Waals surface area (Å²) >= 11 is 0. The van der Waals surface area contributed by atoms with Gasteiger partial charge < -0.3 is 19.5 Å². The maximum absolute atomic E-state index is 13.4. The average Bonchev–Trinajstić information content (AvgIpc) is 3.53. The van der Waals surface area contributed by atoms with E-state index in [1.165, 1.54) is 25.5 Å². The van der Waals surface area contributed by atoms with Gasteiger partial charge in [0, 0.05) is 13.2 Å². The number of hydrazone groups is 1. The monoisotopic (exact) mass is 580 g/mol. The van der Waals surface area contributed by atoms with Crippen molar-refractivity contribution in [1.29, 1.82) is 0 Å². The molecule has 11 nitrogen and oxygen atoms in total. The predicted octanol–water partition coefficient (Wildman–Crippen LogP) is 2.71. The zero-order valence-electron chi connectivity index (χ0n) is 22.6. The van der Waals surface area contributed by atoms with Crippen LogP contribution in [0.15, 0.2) is 88.9 Å². The van der Waals surface area contributed by atoms with Gasteiger partial charge in [0.1, 0.15) is 18.0 Å². The van der Waals surface area contributed by atoms with E-state index >= 15 is 0 Å². The van der Waals surface area contributed by atoms with Gasteiger partial charge in [-0.3, -0.25) is 13.9 Å². The van der Waals surface area contributed by atoms with Crippen LogP contribution in [-0.2, 0) is 24.3 Å². The van der Waals surface area contributed by atoms with Crippen LogP contribution in [0.25, 0.3) is 0 Å². The third-order valence-electron chi connectivity index (χ3n) is 6.18. The topological polar surface area (TPSA) is 136 Å². The van der Waals surface area contributed by atoms with Crippen LogP contribution in [0.5, 0.6) is 11.5 Å². The second kappa shape index (κ2) is 14.3. The fourth-order valence-electron chi connectivity index (χ4n) is 4.01. The van der Waals surface area contributed by atoms with Gasteiger partial charge in [-0.05, 0) is 79.1 Å². The van der Waals surface area contributed by atoms with Crippen molar-refractivity contribution in [3.05, 3.63) is 84.4 Å². The summed E-state index contributed by atoms with van der Waals surface area (Å²) in [5.74, 6) is 0.186. The molecule has 0 aromatic heterocycles. The zero-order chi connectivity index (χ0) is 29.1. The average molecular weight is 581 g/mol. The quantitative estimate of drug-likeness (QED) is 0.234. The van der Waals surface area contributed by atoms with E-state index in [9.17, 15) is 18.0 Å². The number of rotatable bonds is 13. The van der Waals surface area contributed by atoms with Crippen molar-refractivity contribution < 1.29 is 32.2 Å². The Kier molecular flexibility index (Phi) is 10.3. The number of nitrogens with zero attached hydrogens (tertiary/aromatic N) is 2. The van der Waals surface area contributed by atoms with Crippen molar-refractivity contribution in [2.45, 2.75) is 23.8 Å². The molecule has 0 saturated carbocycles. The molecule has 1 heterocycles. The number of anilines is 1. The van der Waals surface area contributed by atoms with E-state index in [1.54, 1.807) is 66.7 Å². The second-order valence-electron chi connectivity index (χ2n) is 9.11. The Morgan fingerprint density at radius 1 is 1.00 bits per heavy atom. The number of amides is 2. The van der Waals surface area contributed by atoms with Crippen LogP contribution < -0.4 is 24.5 Å². The third-order valence-corrected chi connectivity index (χ3v) is 7.97. The number of nitrogens with one attached hydrogen (secondary N) is 2. The van der Waals surface area contributed by atoms with Crippen molar-refractivity contribution in [2.75, 3.05) is 37.7 Å². The first-order valence-electron chi connectivity index (χ1n) is 13.0. The summed E-state index contributed by atoms with van der Waals surface area (Å²) in [4.78, 5) is 24.8. The molecule has 3 aromatic rings. The predicted molar refractivity (Wildman–Crippen MR) is 154 cm³/mol. The summed E-state index contributed by atoms with van der Waals surface area (Å²) in [6.45, 7) is 0.587. The highest BCUT2D eigenvalue weighted by atomic mass is 32.2. The van der Waals surface area contributed by atoms with Crippen molar-refractivity contribution in [3.8, 4) is 11.5 Å². The zero-order valence-corrected chi connectivity index (χ0v) is 23.4. The van der Waals surface area contributed by atoms with Crippen LogP contribution in [0, 0.1) is 0 Å². The molecule has 41 heavy (non-hydrogen) atoms. The van der Waals surface area contributed by atoms with Crippen LogP contribution in [0.1, 0.15) is 18.4 Å². The Bertz CT molecular complexity index is 1420. The Hall–Kier alpha value is -4.42. The van der Waals surface area contributed by atoms with E-state index in [1.807, 2.05) is 0 Å². The van der Waals surface area contributed by atoms with Gasteiger partial charge in [0.15, 0.2) is 6.61 Å². The Labute approximate surface area is 239 Å². The van der Waals surface area contributed by atoms with Crippen molar-refractivity contribution in [3.63, 3.8) is 0 Å². The van der Waals surface area contributed by atoms with Gasteiger partial charge >= 0.3 is 0 Å². The Morgan fingerprint density at radius 2 is 1.71 bits per heavy atom. The number of hydrogen-bond donors (Lipinski definition) is 2. The van der Waals surface area contributed by atoms with Crippen LogP contribution in [0.4, 0.5) is 5.69 Å². The van der Waals surface area contributed by atoms with E-state index in [4.69, 9.17) is 14.2 Å². The third kappa shape index (κ3) is 8.53. The molecule has 4 rings (SSSR count). The lowest BCUT2D eigenvalue weighted by Crippen LogP contribution is -2.39. The molecule has 3 aromatic carbocycles. The number of carbonyl (C=O) groups is 2. The highest BCUT2D eigenvalue weighted by Crippen LogP contribution is 2.25. The van der Waals surface area contributed by atoms with Gasteiger partial charge in [0.25, 0.3) is 21.8 Å². The lowest BCUT2D eigenvalue weighted by atomic mass is 10.2. The summed E-state index contributed by atoms with van der Waals surface area (Å²) in [6.07, 6.45) is 3.43. The van der Waals surface area contributed by atoms with Gasteiger partial charge in [-0.15, -0.1) is 0 Å². The normalized spacial score (nSPS) is 14.9. The van der Waals surface area contributed by atoms with E-state index in [2.05, 4.69) is 15.8 Å². The molecular formula is C29H32N4O7S. The number of benzene rings is 3.